The summed E-state index contributed by atoms with van der Waals surface area (Å²) >= 11 is 3.27. The molecule has 0 radical (unpaired) electrons. The molecule has 0 spiro atoms. The number of fused-ring (bicyclic) bond motifs is 2. The largest absolute Gasteiger partial charge is 0.339 e. The van der Waals surface area contributed by atoms with Gasteiger partial charge in [-0.15, -0.1) is 22.7 Å². The quantitative estimate of drug-likeness (QED) is 0.593. The van der Waals surface area contributed by atoms with E-state index >= 15 is 0 Å². The molecule has 0 bridgehead atoms. The van der Waals surface area contributed by atoms with Crippen LogP contribution in [0.15, 0.2) is 35.7 Å². The van der Waals surface area contributed by atoms with Gasteiger partial charge < -0.3 is 9.88 Å². The standard InChI is InChI=1S/C16H13N3OS2/c1-9-17-11-4-3-10(7-14(11)22-9)18-16(20)13-8-15-12(19(13)2)5-6-21-15/h3-8H,1-2H3,(H,18,20). The highest BCUT2D eigenvalue weighted by atomic mass is 32.1. The predicted molar refractivity (Wildman–Crippen MR) is 93.1 cm³/mol. The molecule has 3 heterocycles. The highest BCUT2D eigenvalue weighted by Gasteiger charge is 2.14. The van der Waals surface area contributed by atoms with Crippen molar-refractivity contribution in [3.63, 3.8) is 0 Å². The van der Waals surface area contributed by atoms with E-state index in [0.717, 1.165) is 31.1 Å². The minimum Gasteiger partial charge on any atom is -0.339 e. The van der Waals surface area contributed by atoms with Gasteiger partial charge in [0.05, 0.1) is 25.4 Å². The van der Waals surface area contributed by atoms with Gasteiger partial charge in [0.15, 0.2) is 0 Å². The summed E-state index contributed by atoms with van der Waals surface area (Å²) < 4.78 is 4.14. The maximum Gasteiger partial charge on any atom is 0.272 e. The lowest BCUT2D eigenvalue weighted by Crippen LogP contribution is -2.15. The lowest BCUT2D eigenvalue weighted by atomic mass is 10.3. The Hall–Kier alpha value is -2.18. The third-order valence-electron chi connectivity index (χ3n) is 3.65. The zero-order valence-corrected chi connectivity index (χ0v) is 13.7. The molecule has 3 aromatic heterocycles. The second-order valence-corrected chi connectivity index (χ2v) is 7.31. The number of nitrogens with one attached hydrogen (secondary N) is 1. The van der Waals surface area contributed by atoms with Crippen molar-refractivity contribution in [1.29, 1.82) is 0 Å². The van der Waals surface area contributed by atoms with Gasteiger partial charge in [-0.1, -0.05) is 0 Å². The summed E-state index contributed by atoms with van der Waals surface area (Å²) in [5, 5.41) is 6.04. The van der Waals surface area contributed by atoms with Crippen LogP contribution in [0.3, 0.4) is 0 Å². The zero-order valence-electron chi connectivity index (χ0n) is 12.1. The number of amides is 1. The number of thiophene rings is 1. The predicted octanol–water partition coefficient (Wildman–Crippen LogP) is 4.41. The van der Waals surface area contributed by atoms with Crippen molar-refractivity contribution in [2.24, 2.45) is 7.05 Å². The zero-order chi connectivity index (χ0) is 15.3. The minimum absolute atomic E-state index is 0.0912. The average molecular weight is 327 g/mol. The van der Waals surface area contributed by atoms with E-state index in [1.807, 2.05) is 54.3 Å². The lowest BCUT2D eigenvalue weighted by Gasteiger charge is -2.06. The molecular formula is C16H13N3OS2. The molecule has 22 heavy (non-hydrogen) atoms. The molecule has 0 atom stereocenters. The van der Waals surface area contributed by atoms with Crippen LogP contribution >= 0.6 is 22.7 Å². The normalized spacial score (nSPS) is 11.4. The lowest BCUT2D eigenvalue weighted by molar-refractivity contribution is 0.102. The topological polar surface area (TPSA) is 46.9 Å². The molecule has 0 saturated carbocycles. The molecule has 1 amide bonds. The second-order valence-electron chi connectivity index (χ2n) is 5.13. The van der Waals surface area contributed by atoms with Gasteiger partial charge in [0.25, 0.3) is 5.91 Å². The molecule has 4 aromatic rings. The third-order valence-corrected chi connectivity index (χ3v) is 5.44. The maximum absolute atomic E-state index is 12.5. The van der Waals surface area contributed by atoms with Crippen LogP contribution in [-0.2, 0) is 7.05 Å². The number of aromatic nitrogens is 2. The fourth-order valence-electron chi connectivity index (χ4n) is 2.58. The summed E-state index contributed by atoms with van der Waals surface area (Å²) in [6.45, 7) is 1.99. The Morgan fingerprint density at radius 1 is 1.23 bits per heavy atom. The Bertz CT molecular complexity index is 1010. The summed E-state index contributed by atoms with van der Waals surface area (Å²) in [7, 11) is 1.92. The number of carbonyl (C=O) groups is 1. The van der Waals surface area contributed by atoms with E-state index in [2.05, 4.69) is 10.3 Å². The van der Waals surface area contributed by atoms with Crippen molar-refractivity contribution in [2.75, 3.05) is 5.32 Å². The van der Waals surface area contributed by atoms with Gasteiger partial charge >= 0.3 is 0 Å². The van der Waals surface area contributed by atoms with Crippen molar-refractivity contribution >= 4 is 54.7 Å². The van der Waals surface area contributed by atoms with E-state index < -0.39 is 0 Å². The van der Waals surface area contributed by atoms with Crippen LogP contribution in [0.25, 0.3) is 20.4 Å². The Kier molecular flexibility index (Phi) is 3.02. The van der Waals surface area contributed by atoms with Gasteiger partial charge in [-0.05, 0) is 42.6 Å². The first-order valence-corrected chi connectivity index (χ1v) is 8.53. The fourth-order valence-corrected chi connectivity index (χ4v) is 4.30. The van der Waals surface area contributed by atoms with E-state index in [0.29, 0.717) is 5.69 Å². The summed E-state index contributed by atoms with van der Waals surface area (Å²) in [5.41, 5.74) is 3.52. The smallest absolute Gasteiger partial charge is 0.272 e. The van der Waals surface area contributed by atoms with Crippen LogP contribution in [0.1, 0.15) is 15.5 Å². The first kappa shape index (κ1) is 13.5. The Labute approximate surface area is 135 Å². The van der Waals surface area contributed by atoms with E-state index in [1.165, 1.54) is 0 Å². The summed E-state index contributed by atoms with van der Waals surface area (Å²) in [4.78, 5) is 16.9. The van der Waals surface area contributed by atoms with Crippen molar-refractivity contribution in [3.05, 3.63) is 46.4 Å². The van der Waals surface area contributed by atoms with Crippen LogP contribution in [0.2, 0.25) is 0 Å². The van der Waals surface area contributed by atoms with Crippen molar-refractivity contribution in [3.8, 4) is 0 Å². The van der Waals surface area contributed by atoms with Crippen molar-refractivity contribution in [1.82, 2.24) is 9.55 Å². The number of anilines is 1. The van der Waals surface area contributed by atoms with Crippen molar-refractivity contribution in [2.45, 2.75) is 6.92 Å². The van der Waals surface area contributed by atoms with Gasteiger partial charge in [0, 0.05) is 12.7 Å². The van der Waals surface area contributed by atoms with E-state index in [9.17, 15) is 4.79 Å². The molecule has 0 aliphatic heterocycles. The van der Waals surface area contributed by atoms with Crippen LogP contribution in [-0.4, -0.2) is 15.5 Å². The number of hydrogen-bond acceptors (Lipinski definition) is 4. The number of aryl methyl sites for hydroxylation is 2. The van der Waals surface area contributed by atoms with Gasteiger partial charge in [-0.2, -0.15) is 0 Å². The van der Waals surface area contributed by atoms with Crippen LogP contribution in [0.5, 0.6) is 0 Å². The Morgan fingerprint density at radius 3 is 2.91 bits per heavy atom. The molecule has 4 nitrogen and oxygen atoms in total. The summed E-state index contributed by atoms with van der Waals surface area (Å²) in [5.74, 6) is -0.0912. The Balaban J connectivity index is 1.67. The molecule has 0 aliphatic carbocycles. The minimum atomic E-state index is -0.0912. The molecule has 0 fully saturated rings. The van der Waals surface area contributed by atoms with E-state index in [1.54, 1.807) is 22.7 Å². The first-order valence-electron chi connectivity index (χ1n) is 6.83. The van der Waals surface area contributed by atoms with Crippen LogP contribution in [0, 0.1) is 6.92 Å². The number of hydrogen-bond donors (Lipinski definition) is 1. The highest BCUT2D eigenvalue weighted by Crippen LogP contribution is 2.27. The van der Waals surface area contributed by atoms with E-state index in [-0.39, 0.29) is 5.91 Å². The van der Waals surface area contributed by atoms with Crippen molar-refractivity contribution < 1.29 is 4.79 Å². The maximum atomic E-state index is 12.5. The van der Waals surface area contributed by atoms with Gasteiger partial charge in [-0.3, -0.25) is 4.79 Å². The van der Waals surface area contributed by atoms with Crippen LogP contribution < -0.4 is 5.32 Å². The van der Waals surface area contributed by atoms with Gasteiger partial charge in [-0.25, -0.2) is 4.98 Å². The third kappa shape index (κ3) is 2.12. The molecule has 1 N–H and O–H groups in total. The number of thiazole rings is 1. The number of nitrogens with zero attached hydrogens (tertiary/aromatic N) is 2. The molecule has 0 aliphatic rings. The summed E-state index contributed by atoms with van der Waals surface area (Å²) in [6.07, 6.45) is 0. The molecule has 1 aromatic carbocycles. The van der Waals surface area contributed by atoms with Gasteiger partial charge in [0.2, 0.25) is 0 Å². The van der Waals surface area contributed by atoms with Crippen LogP contribution in [0.4, 0.5) is 5.69 Å². The fraction of sp³-hybridized carbons (Fsp3) is 0.125. The monoisotopic (exact) mass is 327 g/mol. The average Bonchev–Trinajstić information content (AvgIpc) is 3.14. The highest BCUT2D eigenvalue weighted by molar-refractivity contribution is 7.18. The summed E-state index contributed by atoms with van der Waals surface area (Å²) in [6, 6.07) is 9.78. The molecule has 0 unspecified atom stereocenters. The second kappa shape index (κ2) is 4.93. The number of rotatable bonds is 2. The van der Waals surface area contributed by atoms with Gasteiger partial charge in [0.1, 0.15) is 5.69 Å². The number of carbonyl (C=O) groups excluding carboxylic acids is 1. The number of benzene rings is 1. The molecule has 4 rings (SSSR count). The van der Waals surface area contributed by atoms with E-state index in [4.69, 9.17) is 0 Å². The molecule has 110 valence electrons. The first-order chi connectivity index (χ1) is 10.6. The molecular weight excluding hydrogens is 314 g/mol. The molecule has 6 heteroatoms. The SMILES string of the molecule is Cc1nc2ccc(NC(=O)c3cc4sccc4n3C)cc2s1. The Morgan fingerprint density at radius 2 is 2.09 bits per heavy atom. The molecule has 0 saturated heterocycles.